The fourth-order valence-corrected chi connectivity index (χ4v) is 3.67. The van der Waals surface area contributed by atoms with E-state index in [1.807, 2.05) is 12.1 Å². The van der Waals surface area contributed by atoms with Crippen molar-refractivity contribution in [3.8, 4) is 0 Å². The zero-order valence-corrected chi connectivity index (χ0v) is 13.0. The van der Waals surface area contributed by atoms with Crippen LogP contribution in [0.4, 0.5) is 0 Å². The summed E-state index contributed by atoms with van der Waals surface area (Å²) in [6, 6.07) is 8.38. The smallest absolute Gasteiger partial charge is 0.0681 e. The number of hydrogen-bond acceptors (Lipinski definition) is 3. The van der Waals surface area contributed by atoms with E-state index in [2.05, 4.69) is 21.9 Å². The molecule has 2 aliphatic heterocycles. The number of aliphatic hydroxyl groups excluding tert-OH is 1. The Bertz CT molecular complexity index is 417. The molecule has 1 aromatic rings. The van der Waals surface area contributed by atoms with Crippen LogP contribution in [0, 0.1) is 5.92 Å². The second-order valence-electron chi connectivity index (χ2n) is 6.70. The molecule has 3 nitrogen and oxygen atoms in total. The number of hydrogen-bond donors (Lipinski definition) is 1. The van der Waals surface area contributed by atoms with Crippen LogP contribution in [0.5, 0.6) is 0 Å². The Kier molecular flexibility index (Phi) is 5.28. The normalized spacial score (nSPS) is 22.0. The zero-order chi connectivity index (χ0) is 14.5. The summed E-state index contributed by atoms with van der Waals surface area (Å²) in [7, 11) is 0. The zero-order valence-electron chi connectivity index (χ0n) is 13.0. The van der Waals surface area contributed by atoms with E-state index >= 15 is 0 Å². The number of likely N-dealkylation sites (tertiary alicyclic amines) is 2. The van der Waals surface area contributed by atoms with Gasteiger partial charge in [0.15, 0.2) is 0 Å². The number of rotatable bonds is 5. The molecular formula is C18H28N2O. The molecule has 0 radical (unpaired) electrons. The van der Waals surface area contributed by atoms with Crippen molar-refractivity contribution in [2.45, 2.75) is 38.8 Å². The van der Waals surface area contributed by atoms with Crippen LogP contribution in [-0.4, -0.2) is 47.6 Å². The Morgan fingerprint density at radius 1 is 0.857 bits per heavy atom. The van der Waals surface area contributed by atoms with Crippen LogP contribution < -0.4 is 0 Å². The van der Waals surface area contributed by atoms with Gasteiger partial charge in [0.1, 0.15) is 0 Å². The molecule has 116 valence electrons. The summed E-state index contributed by atoms with van der Waals surface area (Å²) in [5, 5.41) is 9.08. The molecule has 1 aromatic carbocycles. The van der Waals surface area contributed by atoms with Crippen LogP contribution in [0.1, 0.15) is 36.8 Å². The molecule has 0 atom stereocenters. The molecule has 1 N–H and O–H groups in total. The lowest BCUT2D eigenvalue weighted by molar-refractivity contribution is 0.149. The average molecular weight is 288 g/mol. The minimum Gasteiger partial charge on any atom is -0.392 e. The summed E-state index contributed by atoms with van der Waals surface area (Å²) >= 11 is 0. The third-order valence-electron chi connectivity index (χ3n) is 5.03. The molecular weight excluding hydrogens is 260 g/mol. The van der Waals surface area contributed by atoms with Crippen molar-refractivity contribution < 1.29 is 5.11 Å². The maximum Gasteiger partial charge on any atom is 0.0681 e. The number of nitrogens with zero attached hydrogens (tertiary/aromatic N) is 2. The minimum absolute atomic E-state index is 0.141. The molecule has 0 spiro atoms. The van der Waals surface area contributed by atoms with Crippen LogP contribution in [0.25, 0.3) is 0 Å². The molecule has 0 bridgehead atoms. The topological polar surface area (TPSA) is 26.7 Å². The lowest BCUT2D eigenvalue weighted by atomic mass is 9.96. The van der Waals surface area contributed by atoms with Gasteiger partial charge in [-0.05, 0) is 68.9 Å². The molecule has 21 heavy (non-hydrogen) atoms. The highest BCUT2D eigenvalue weighted by Crippen LogP contribution is 2.22. The molecule has 0 aliphatic carbocycles. The lowest BCUT2D eigenvalue weighted by Crippen LogP contribution is -2.37. The van der Waals surface area contributed by atoms with Crippen molar-refractivity contribution >= 4 is 0 Å². The summed E-state index contributed by atoms with van der Waals surface area (Å²) in [6.45, 7) is 7.67. The highest BCUT2D eigenvalue weighted by Gasteiger charge is 2.22. The van der Waals surface area contributed by atoms with E-state index in [0.717, 1.165) is 18.0 Å². The molecule has 2 heterocycles. The van der Waals surface area contributed by atoms with Gasteiger partial charge in [-0.3, -0.25) is 4.90 Å². The first-order valence-electron chi connectivity index (χ1n) is 8.47. The van der Waals surface area contributed by atoms with Crippen LogP contribution in [0.3, 0.4) is 0 Å². The van der Waals surface area contributed by atoms with Gasteiger partial charge in [0.2, 0.25) is 0 Å². The quantitative estimate of drug-likeness (QED) is 0.902. The van der Waals surface area contributed by atoms with Crippen LogP contribution in [-0.2, 0) is 13.2 Å². The summed E-state index contributed by atoms with van der Waals surface area (Å²) < 4.78 is 0. The average Bonchev–Trinajstić information content (AvgIpc) is 3.03. The van der Waals surface area contributed by atoms with Gasteiger partial charge in [0, 0.05) is 13.1 Å². The number of piperidine rings is 1. The molecule has 2 fully saturated rings. The second-order valence-corrected chi connectivity index (χ2v) is 6.70. The van der Waals surface area contributed by atoms with Gasteiger partial charge >= 0.3 is 0 Å². The second kappa shape index (κ2) is 7.39. The fourth-order valence-electron chi connectivity index (χ4n) is 3.67. The molecule has 3 rings (SSSR count). The predicted octanol–water partition coefficient (Wildman–Crippen LogP) is 2.49. The molecule has 0 aromatic heterocycles. The Labute approximate surface area is 128 Å². The molecule has 0 amide bonds. The van der Waals surface area contributed by atoms with Crippen molar-refractivity contribution in [3.05, 3.63) is 35.4 Å². The molecule has 3 heteroatoms. The Hall–Kier alpha value is -0.900. The number of aliphatic hydroxyl groups is 1. The van der Waals surface area contributed by atoms with Crippen LogP contribution >= 0.6 is 0 Å². The highest BCUT2D eigenvalue weighted by atomic mass is 16.3. The minimum atomic E-state index is 0.141. The van der Waals surface area contributed by atoms with Crippen molar-refractivity contribution in [3.63, 3.8) is 0 Å². The Balaban J connectivity index is 1.42. The molecule has 0 saturated carbocycles. The van der Waals surface area contributed by atoms with Crippen LogP contribution in [0.15, 0.2) is 24.3 Å². The van der Waals surface area contributed by atoms with Gasteiger partial charge < -0.3 is 10.0 Å². The maximum absolute atomic E-state index is 9.08. The largest absolute Gasteiger partial charge is 0.392 e. The van der Waals surface area contributed by atoms with E-state index in [9.17, 15) is 0 Å². The summed E-state index contributed by atoms with van der Waals surface area (Å²) in [6.07, 6.45) is 5.52. The van der Waals surface area contributed by atoms with Gasteiger partial charge in [-0.1, -0.05) is 24.3 Å². The van der Waals surface area contributed by atoms with Crippen LogP contribution in [0.2, 0.25) is 0 Å². The van der Waals surface area contributed by atoms with Crippen molar-refractivity contribution in [1.82, 2.24) is 9.80 Å². The summed E-state index contributed by atoms with van der Waals surface area (Å²) in [5.41, 5.74) is 2.37. The van der Waals surface area contributed by atoms with Gasteiger partial charge in [0.25, 0.3) is 0 Å². The first kappa shape index (κ1) is 15.0. The van der Waals surface area contributed by atoms with Crippen molar-refractivity contribution in [2.75, 3.05) is 32.7 Å². The first-order chi connectivity index (χ1) is 10.3. The van der Waals surface area contributed by atoms with Gasteiger partial charge in [-0.2, -0.15) is 0 Å². The van der Waals surface area contributed by atoms with E-state index in [-0.39, 0.29) is 6.61 Å². The van der Waals surface area contributed by atoms with E-state index in [4.69, 9.17) is 5.11 Å². The van der Waals surface area contributed by atoms with Crippen molar-refractivity contribution in [2.24, 2.45) is 5.92 Å². The Morgan fingerprint density at radius 2 is 1.48 bits per heavy atom. The van der Waals surface area contributed by atoms with E-state index in [0.29, 0.717) is 0 Å². The number of benzene rings is 1. The van der Waals surface area contributed by atoms with Gasteiger partial charge in [-0.25, -0.2) is 0 Å². The molecule has 0 unspecified atom stereocenters. The summed E-state index contributed by atoms with van der Waals surface area (Å²) in [5.74, 6) is 0.913. The monoisotopic (exact) mass is 288 g/mol. The van der Waals surface area contributed by atoms with Gasteiger partial charge in [0.05, 0.1) is 6.61 Å². The lowest BCUT2D eigenvalue weighted by Gasteiger charge is -2.33. The highest BCUT2D eigenvalue weighted by molar-refractivity contribution is 5.21. The first-order valence-corrected chi connectivity index (χ1v) is 8.47. The van der Waals surface area contributed by atoms with E-state index in [1.54, 1.807) is 0 Å². The third kappa shape index (κ3) is 4.29. The standard InChI is InChI=1S/C18H28N2O/c21-15-18-5-3-16(4-6-18)13-20-11-7-17(8-12-20)14-19-9-1-2-10-19/h3-6,17,21H,1-2,7-15H2. The SMILES string of the molecule is OCc1ccc(CN2CCC(CN3CCCC3)CC2)cc1. The van der Waals surface area contributed by atoms with E-state index < -0.39 is 0 Å². The van der Waals surface area contributed by atoms with Gasteiger partial charge in [-0.15, -0.1) is 0 Å². The Morgan fingerprint density at radius 3 is 2.10 bits per heavy atom. The predicted molar refractivity (Wildman–Crippen MR) is 86.0 cm³/mol. The summed E-state index contributed by atoms with van der Waals surface area (Å²) in [4.78, 5) is 5.24. The van der Waals surface area contributed by atoms with E-state index in [1.165, 1.54) is 64.0 Å². The molecule has 2 aliphatic rings. The van der Waals surface area contributed by atoms with Crippen molar-refractivity contribution in [1.29, 1.82) is 0 Å². The fraction of sp³-hybridized carbons (Fsp3) is 0.667. The maximum atomic E-state index is 9.08. The molecule has 2 saturated heterocycles. The third-order valence-corrected chi connectivity index (χ3v) is 5.03.